The SMILES string of the molecule is CCC(CC)C(=O)/C=C(\O)C(CC)CC.Cc1ccc2cnc3c(c2c1)C(C)(C)c1ccc(C(C)C)c2oc4cc[c-]c-3c4c12.[Ir]. The number of hydrogen-bond donors (Lipinski definition) is 1. The Labute approximate surface area is 288 Å². The average molecular weight is 795 g/mol. The third-order valence-electron chi connectivity index (χ3n) is 9.90. The van der Waals surface area contributed by atoms with Crippen LogP contribution in [-0.2, 0) is 30.3 Å². The molecule has 3 aromatic carbocycles. The molecule has 1 aliphatic carbocycles. The minimum atomic E-state index is -0.229. The number of ketones is 1. The first kappa shape index (κ1) is 35.6. The number of aliphatic hydroxyl groups excluding tert-OH is 1. The molecule has 0 aliphatic heterocycles. The number of fused-ring (bicyclic) bond motifs is 4. The van der Waals surface area contributed by atoms with Crippen molar-refractivity contribution >= 4 is 38.5 Å². The van der Waals surface area contributed by atoms with Crippen molar-refractivity contribution in [1.29, 1.82) is 0 Å². The van der Waals surface area contributed by atoms with Gasteiger partial charge in [0, 0.05) is 49.6 Å². The molecule has 46 heavy (non-hydrogen) atoms. The van der Waals surface area contributed by atoms with E-state index in [1.807, 2.05) is 46.0 Å². The van der Waals surface area contributed by atoms with Gasteiger partial charge in [-0.25, -0.2) is 0 Å². The maximum absolute atomic E-state index is 11.7. The van der Waals surface area contributed by atoms with Crippen molar-refractivity contribution < 1.29 is 34.4 Å². The Bertz CT molecular complexity index is 1900. The van der Waals surface area contributed by atoms with Gasteiger partial charge in [0.25, 0.3) is 0 Å². The van der Waals surface area contributed by atoms with E-state index in [0.29, 0.717) is 5.92 Å². The van der Waals surface area contributed by atoms with E-state index >= 15 is 0 Å². The van der Waals surface area contributed by atoms with Gasteiger partial charge in [-0.2, -0.15) is 0 Å². The van der Waals surface area contributed by atoms with Crippen LogP contribution in [0.15, 0.2) is 64.9 Å². The van der Waals surface area contributed by atoms with Gasteiger partial charge in [0.2, 0.25) is 0 Å². The number of aromatic nitrogens is 1. The maximum atomic E-state index is 11.7. The molecule has 0 saturated heterocycles. The van der Waals surface area contributed by atoms with Crippen LogP contribution >= 0.6 is 0 Å². The van der Waals surface area contributed by atoms with Gasteiger partial charge in [-0.15, -0.1) is 17.7 Å². The summed E-state index contributed by atoms with van der Waals surface area (Å²) in [7, 11) is 0. The summed E-state index contributed by atoms with van der Waals surface area (Å²) in [6, 6.07) is 18.7. The number of carbonyl (C=O) groups is 1. The van der Waals surface area contributed by atoms with Crippen molar-refractivity contribution in [2.24, 2.45) is 11.8 Å². The van der Waals surface area contributed by atoms with E-state index in [1.54, 1.807) is 0 Å². The molecule has 0 amide bonds. The number of aliphatic hydroxyl groups is 1. The van der Waals surface area contributed by atoms with Crippen molar-refractivity contribution in [2.45, 2.75) is 99.3 Å². The van der Waals surface area contributed by atoms with Crippen molar-refractivity contribution in [3.63, 3.8) is 0 Å². The fourth-order valence-electron chi connectivity index (χ4n) is 7.10. The zero-order valence-electron chi connectivity index (χ0n) is 28.8. The molecule has 5 heteroatoms. The molecule has 0 bridgehead atoms. The Morgan fingerprint density at radius 2 is 1.65 bits per heavy atom. The van der Waals surface area contributed by atoms with Gasteiger partial charge >= 0.3 is 0 Å². The summed E-state index contributed by atoms with van der Waals surface area (Å²) in [6.45, 7) is 19.3. The Kier molecular flexibility index (Phi) is 11.0. The van der Waals surface area contributed by atoms with Crippen LogP contribution < -0.4 is 0 Å². The van der Waals surface area contributed by atoms with E-state index < -0.39 is 0 Å². The van der Waals surface area contributed by atoms with Gasteiger partial charge in [-0.05, 0) is 77.1 Å². The molecule has 4 nitrogen and oxygen atoms in total. The van der Waals surface area contributed by atoms with Crippen LogP contribution in [0.5, 0.6) is 0 Å². The standard InChI is InChI=1S/C28H24NO.C13H24O2.Ir/c1-15(2)18-11-12-21-24-23-19(7-6-8-22(23)30-27(18)24)26-25(28(21,4)5)20-13-16(3)9-10-17(20)14-29-26;1-5-10(6-2)12(14)9-13(15)11(7-3)8-4;/h6,8-15H,1-5H3;9-11,14H,5-8H2,1-4H3;/q-1;;/b;12-9-;. The Hall–Kier alpha value is -3.27. The molecule has 0 saturated carbocycles. The first-order chi connectivity index (χ1) is 21.5. The predicted molar refractivity (Wildman–Crippen MR) is 188 cm³/mol. The molecule has 245 valence electrons. The van der Waals surface area contributed by atoms with E-state index in [4.69, 9.17) is 9.40 Å². The molecule has 6 rings (SSSR count). The zero-order valence-corrected chi connectivity index (χ0v) is 31.2. The predicted octanol–water partition coefficient (Wildman–Crippen LogP) is 11.5. The third kappa shape index (κ3) is 6.21. The van der Waals surface area contributed by atoms with Gasteiger partial charge in [-0.3, -0.25) is 4.79 Å². The molecule has 0 spiro atoms. The summed E-state index contributed by atoms with van der Waals surface area (Å²) in [5, 5.41) is 14.6. The molecule has 1 N–H and O–H groups in total. The zero-order chi connectivity index (χ0) is 32.6. The number of hydrogen-bond acceptors (Lipinski definition) is 4. The third-order valence-corrected chi connectivity index (χ3v) is 9.90. The Balaban J connectivity index is 0.000000259. The monoisotopic (exact) mass is 795 g/mol. The number of furan rings is 1. The second-order valence-corrected chi connectivity index (χ2v) is 13.5. The van der Waals surface area contributed by atoms with Crippen LogP contribution in [0.3, 0.4) is 0 Å². The molecule has 1 aliphatic rings. The minimum absolute atomic E-state index is 0. The summed E-state index contributed by atoms with van der Waals surface area (Å²) in [6.07, 6.45) is 6.91. The van der Waals surface area contributed by atoms with Crippen LogP contribution in [0.4, 0.5) is 0 Å². The van der Waals surface area contributed by atoms with Gasteiger partial charge in [0.15, 0.2) is 5.78 Å². The molecular weight excluding hydrogens is 747 g/mol. The number of aryl methyl sites for hydroxylation is 1. The van der Waals surface area contributed by atoms with Gasteiger partial charge in [0.1, 0.15) is 5.58 Å². The molecule has 2 heterocycles. The second kappa shape index (κ2) is 14.2. The van der Waals surface area contributed by atoms with Crippen molar-refractivity contribution in [2.75, 3.05) is 0 Å². The van der Waals surface area contributed by atoms with Crippen molar-refractivity contribution in [3.05, 3.63) is 88.8 Å². The van der Waals surface area contributed by atoms with Crippen LogP contribution in [0.25, 0.3) is 44.0 Å². The van der Waals surface area contributed by atoms with Gasteiger partial charge < -0.3 is 14.5 Å². The van der Waals surface area contributed by atoms with Gasteiger partial charge in [0.05, 0.1) is 11.3 Å². The largest absolute Gasteiger partial charge is 0.512 e. The summed E-state index contributed by atoms with van der Waals surface area (Å²) >= 11 is 0. The molecule has 1 radical (unpaired) electrons. The first-order valence-corrected chi connectivity index (χ1v) is 16.7. The molecule has 2 aromatic heterocycles. The quantitative estimate of drug-likeness (QED) is 0.0965. The van der Waals surface area contributed by atoms with Crippen molar-refractivity contribution in [3.8, 4) is 11.3 Å². The number of rotatable bonds is 8. The van der Waals surface area contributed by atoms with E-state index in [-0.39, 0.29) is 48.9 Å². The molecule has 0 atom stereocenters. The van der Waals surface area contributed by atoms with Crippen LogP contribution in [0.2, 0.25) is 0 Å². The summed E-state index contributed by atoms with van der Waals surface area (Å²) in [4.78, 5) is 16.7. The molecule has 0 unspecified atom stereocenters. The van der Waals surface area contributed by atoms with Crippen molar-refractivity contribution in [1.82, 2.24) is 4.98 Å². The summed E-state index contributed by atoms with van der Waals surface area (Å²) in [5.41, 5.74) is 8.88. The maximum Gasteiger partial charge on any atom is 0.162 e. The number of nitrogens with zero attached hydrogens (tertiary/aromatic N) is 1. The average Bonchev–Trinajstić information content (AvgIpc) is 3.37. The summed E-state index contributed by atoms with van der Waals surface area (Å²) in [5.74, 6) is 0.938. The molecule has 5 aromatic rings. The topological polar surface area (TPSA) is 63.3 Å². The fraction of sp³-hybridized carbons (Fsp3) is 0.415. The number of carbonyl (C=O) groups excluding carboxylic acids is 1. The van der Waals surface area contributed by atoms with E-state index in [0.717, 1.165) is 53.5 Å². The summed E-state index contributed by atoms with van der Waals surface area (Å²) < 4.78 is 6.47. The number of pyridine rings is 1. The smallest absolute Gasteiger partial charge is 0.162 e. The Morgan fingerprint density at radius 1 is 0.978 bits per heavy atom. The van der Waals surface area contributed by atoms with E-state index in [9.17, 15) is 9.90 Å². The van der Waals surface area contributed by atoms with Crippen LogP contribution in [0, 0.1) is 24.8 Å². The number of allylic oxidation sites excluding steroid dienone is 2. The first-order valence-electron chi connectivity index (χ1n) is 16.7. The number of benzene rings is 3. The van der Waals surface area contributed by atoms with E-state index in [2.05, 4.69) is 71.0 Å². The molecule has 0 fully saturated rings. The fourth-order valence-corrected chi connectivity index (χ4v) is 7.10. The van der Waals surface area contributed by atoms with E-state index in [1.165, 1.54) is 44.5 Å². The second-order valence-electron chi connectivity index (χ2n) is 13.5. The normalized spacial score (nSPS) is 13.7. The minimum Gasteiger partial charge on any atom is -0.512 e. The Morgan fingerprint density at radius 3 is 2.28 bits per heavy atom. The molecular formula is C41H48IrNO3-. The van der Waals surface area contributed by atoms with Gasteiger partial charge in [-0.1, -0.05) is 103 Å². The van der Waals surface area contributed by atoms with Crippen LogP contribution in [-0.4, -0.2) is 15.9 Å². The van der Waals surface area contributed by atoms with Crippen LogP contribution in [0.1, 0.15) is 109 Å².